The molecule has 8 heteroatoms. The van der Waals surface area contributed by atoms with Gasteiger partial charge < -0.3 is 19.7 Å². The van der Waals surface area contributed by atoms with Gasteiger partial charge in [0.1, 0.15) is 0 Å². The molecule has 0 atom stereocenters. The van der Waals surface area contributed by atoms with Crippen molar-refractivity contribution in [3.05, 3.63) is 29.8 Å². The molecule has 0 bridgehead atoms. The maximum Gasteiger partial charge on any atom is 0.409 e. The molecule has 0 unspecified atom stereocenters. The molecule has 1 aromatic rings. The van der Waals surface area contributed by atoms with Crippen LogP contribution in [-0.2, 0) is 14.3 Å². The summed E-state index contributed by atoms with van der Waals surface area (Å²) in [6.07, 6.45) is -0.319. The van der Waals surface area contributed by atoms with E-state index in [9.17, 15) is 14.4 Å². The molecule has 2 amide bonds. The summed E-state index contributed by atoms with van der Waals surface area (Å²) < 4.78 is 9.98. The summed E-state index contributed by atoms with van der Waals surface area (Å²) in [6.45, 7) is 6.53. The molecule has 8 nitrogen and oxygen atoms in total. The van der Waals surface area contributed by atoms with Crippen LogP contribution in [-0.4, -0.2) is 73.7 Å². The van der Waals surface area contributed by atoms with Crippen LogP contribution < -0.4 is 5.32 Å². The molecular formula is C18H25N3O5. The minimum atomic E-state index is -0.466. The second-order valence-corrected chi connectivity index (χ2v) is 5.78. The van der Waals surface area contributed by atoms with Crippen molar-refractivity contribution in [2.24, 2.45) is 0 Å². The zero-order valence-electron chi connectivity index (χ0n) is 15.2. The van der Waals surface area contributed by atoms with Crippen LogP contribution in [0.2, 0.25) is 0 Å². The number of anilines is 1. The summed E-state index contributed by atoms with van der Waals surface area (Å²) in [5.41, 5.74) is 0.760. The number of piperazine rings is 1. The third-order valence-corrected chi connectivity index (χ3v) is 3.96. The van der Waals surface area contributed by atoms with E-state index in [1.807, 2.05) is 4.90 Å². The number of ether oxygens (including phenoxy) is 2. The molecule has 0 spiro atoms. The first kappa shape index (κ1) is 19.7. The van der Waals surface area contributed by atoms with Gasteiger partial charge in [-0.25, -0.2) is 9.59 Å². The van der Waals surface area contributed by atoms with Gasteiger partial charge in [0.25, 0.3) is 0 Å². The molecule has 1 N–H and O–H groups in total. The molecule has 1 saturated heterocycles. The number of esters is 1. The maximum atomic E-state index is 12.3. The van der Waals surface area contributed by atoms with Crippen molar-refractivity contribution in [1.29, 1.82) is 0 Å². The second kappa shape index (κ2) is 9.76. The molecule has 0 saturated carbocycles. The summed E-state index contributed by atoms with van der Waals surface area (Å²) in [5, 5.41) is 2.76. The topological polar surface area (TPSA) is 88.2 Å². The zero-order valence-corrected chi connectivity index (χ0v) is 15.2. The Morgan fingerprint density at radius 2 is 1.65 bits per heavy atom. The Hall–Kier alpha value is -2.61. The van der Waals surface area contributed by atoms with Gasteiger partial charge >= 0.3 is 12.1 Å². The van der Waals surface area contributed by atoms with E-state index in [1.54, 1.807) is 43.0 Å². The van der Waals surface area contributed by atoms with Gasteiger partial charge in [-0.15, -0.1) is 0 Å². The number of para-hydroxylation sites is 1. The highest BCUT2D eigenvalue weighted by Crippen LogP contribution is 2.16. The van der Waals surface area contributed by atoms with Crippen LogP contribution in [0.25, 0.3) is 0 Å². The van der Waals surface area contributed by atoms with E-state index in [0.717, 1.165) is 0 Å². The fourth-order valence-electron chi connectivity index (χ4n) is 2.68. The standard InChI is InChI=1S/C18H25N3O5/c1-3-25-17(23)14-7-5-6-8-15(14)19-16(22)13-20-9-11-21(12-10-20)18(24)26-4-2/h5-8H,3-4,9-13H2,1-2H3,(H,19,22). The number of carbonyl (C=O) groups is 3. The molecule has 0 aromatic heterocycles. The quantitative estimate of drug-likeness (QED) is 0.772. The van der Waals surface area contributed by atoms with Crippen molar-refractivity contribution in [2.45, 2.75) is 13.8 Å². The van der Waals surface area contributed by atoms with Gasteiger partial charge in [-0.3, -0.25) is 9.69 Å². The Balaban J connectivity index is 1.87. The zero-order chi connectivity index (χ0) is 18.9. The predicted octanol–water partition coefficient (Wildman–Crippen LogP) is 1.58. The Kier molecular flexibility index (Phi) is 7.40. The largest absolute Gasteiger partial charge is 0.462 e. The van der Waals surface area contributed by atoms with Gasteiger partial charge in [0.2, 0.25) is 5.91 Å². The molecule has 142 valence electrons. The van der Waals surface area contributed by atoms with Gasteiger partial charge in [-0.05, 0) is 26.0 Å². The fourth-order valence-corrected chi connectivity index (χ4v) is 2.68. The van der Waals surface area contributed by atoms with E-state index >= 15 is 0 Å². The number of carbonyl (C=O) groups excluding carboxylic acids is 3. The summed E-state index contributed by atoms with van der Waals surface area (Å²) in [4.78, 5) is 39.6. The molecule has 1 fully saturated rings. The lowest BCUT2D eigenvalue weighted by Gasteiger charge is -2.33. The summed E-state index contributed by atoms with van der Waals surface area (Å²) >= 11 is 0. The monoisotopic (exact) mass is 363 g/mol. The lowest BCUT2D eigenvalue weighted by molar-refractivity contribution is -0.117. The summed E-state index contributed by atoms with van der Waals surface area (Å²) in [6, 6.07) is 6.75. The molecular weight excluding hydrogens is 338 g/mol. The van der Waals surface area contributed by atoms with Gasteiger partial charge in [-0.2, -0.15) is 0 Å². The Bertz CT molecular complexity index is 641. The second-order valence-electron chi connectivity index (χ2n) is 5.78. The van der Waals surface area contributed by atoms with Crippen molar-refractivity contribution >= 4 is 23.7 Å². The van der Waals surface area contributed by atoms with Gasteiger partial charge in [0, 0.05) is 26.2 Å². The minimum absolute atomic E-state index is 0.188. The van der Waals surface area contributed by atoms with Crippen molar-refractivity contribution in [3.8, 4) is 0 Å². The lowest BCUT2D eigenvalue weighted by atomic mass is 10.2. The van der Waals surface area contributed by atoms with Crippen molar-refractivity contribution in [1.82, 2.24) is 9.80 Å². The molecule has 0 radical (unpaired) electrons. The number of rotatable bonds is 6. The first-order valence-corrected chi connectivity index (χ1v) is 8.75. The summed E-state index contributed by atoms with van der Waals surface area (Å²) in [7, 11) is 0. The van der Waals surface area contributed by atoms with Gasteiger partial charge in [0.15, 0.2) is 0 Å². The van der Waals surface area contributed by atoms with Crippen molar-refractivity contribution < 1.29 is 23.9 Å². The Morgan fingerprint density at radius 3 is 2.31 bits per heavy atom. The highest BCUT2D eigenvalue weighted by molar-refractivity contribution is 6.01. The van der Waals surface area contributed by atoms with Crippen molar-refractivity contribution in [3.63, 3.8) is 0 Å². The van der Waals surface area contributed by atoms with Crippen LogP contribution in [0, 0.1) is 0 Å². The summed E-state index contributed by atoms with van der Waals surface area (Å²) in [5.74, 6) is -0.683. The number of amides is 2. The maximum absolute atomic E-state index is 12.3. The van der Waals surface area contributed by atoms with E-state index < -0.39 is 5.97 Å². The molecule has 26 heavy (non-hydrogen) atoms. The number of benzene rings is 1. The average molecular weight is 363 g/mol. The van der Waals surface area contributed by atoms with E-state index in [0.29, 0.717) is 44.0 Å². The SMILES string of the molecule is CCOC(=O)c1ccccc1NC(=O)CN1CCN(C(=O)OCC)CC1. The molecule has 1 aromatic carbocycles. The van der Waals surface area contributed by atoms with E-state index in [1.165, 1.54) is 0 Å². The van der Waals surface area contributed by atoms with Crippen LogP contribution in [0.5, 0.6) is 0 Å². The fraction of sp³-hybridized carbons (Fsp3) is 0.500. The number of nitrogens with one attached hydrogen (secondary N) is 1. The lowest BCUT2D eigenvalue weighted by Crippen LogP contribution is -2.50. The highest BCUT2D eigenvalue weighted by Gasteiger charge is 2.23. The van der Waals surface area contributed by atoms with E-state index in [-0.39, 0.29) is 25.2 Å². The van der Waals surface area contributed by atoms with Crippen LogP contribution in [0.3, 0.4) is 0 Å². The number of hydrogen-bond donors (Lipinski definition) is 1. The van der Waals surface area contributed by atoms with Gasteiger partial charge in [0.05, 0.1) is 31.0 Å². The van der Waals surface area contributed by atoms with E-state index in [4.69, 9.17) is 9.47 Å². The van der Waals surface area contributed by atoms with Crippen LogP contribution >= 0.6 is 0 Å². The predicted molar refractivity (Wildman–Crippen MR) is 96.1 cm³/mol. The normalized spacial score (nSPS) is 14.6. The van der Waals surface area contributed by atoms with Gasteiger partial charge in [-0.1, -0.05) is 12.1 Å². The molecule has 0 aliphatic carbocycles. The van der Waals surface area contributed by atoms with Crippen molar-refractivity contribution in [2.75, 3.05) is 51.3 Å². The Morgan fingerprint density at radius 1 is 1.00 bits per heavy atom. The smallest absolute Gasteiger partial charge is 0.409 e. The Labute approximate surface area is 153 Å². The third kappa shape index (κ3) is 5.45. The van der Waals surface area contributed by atoms with Crippen LogP contribution in [0.15, 0.2) is 24.3 Å². The molecule has 1 heterocycles. The average Bonchev–Trinajstić information content (AvgIpc) is 2.63. The molecule has 1 aliphatic heterocycles. The first-order chi connectivity index (χ1) is 12.5. The van der Waals surface area contributed by atoms with Crippen LogP contribution in [0.4, 0.5) is 10.5 Å². The number of hydrogen-bond acceptors (Lipinski definition) is 6. The van der Waals surface area contributed by atoms with Crippen LogP contribution in [0.1, 0.15) is 24.2 Å². The van der Waals surface area contributed by atoms with E-state index in [2.05, 4.69) is 5.32 Å². The molecule has 1 aliphatic rings. The molecule has 2 rings (SSSR count). The highest BCUT2D eigenvalue weighted by atomic mass is 16.6. The third-order valence-electron chi connectivity index (χ3n) is 3.96. The first-order valence-electron chi connectivity index (χ1n) is 8.75. The minimum Gasteiger partial charge on any atom is -0.462 e. The number of nitrogens with zero attached hydrogens (tertiary/aromatic N) is 2.